The number of nitrogens with two attached hydrogens (primary N) is 1. The van der Waals surface area contributed by atoms with Gasteiger partial charge in [0.2, 0.25) is 0 Å². The first-order valence-electron chi connectivity index (χ1n) is 3.42. The molecular formula is C9H7N3. The van der Waals surface area contributed by atoms with E-state index in [1.165, 1.54) is 6.20 Å². The van der Waals surface area contributed by atoms with Crippen molar-refractivity contribution >= 4 is 0 Å². The van der Waals surface area contributed by atoms with E-state index in [1.807, 2.05) is 6.07 Å². The molecule has 58 valence electrons. The lowest BCUT2D eigenvalue weighted by molar-refractivity contribution is 1.25. The SMILES string of the molecule is N#Cc1ccc(C#CCN)nc1. The fraction of sp³-hybridized carbons (Fsp3) is 0.111. The maximum Gasteiger partial charge on any atom is 0.113 e. The van der Waals surface area contributed by atoms with E-state index in [2.05, 4.69) is 16.8 Å². The number of hydrogen-bond acceptors (Lipinski definition) is 3. The standard InChI is InChI=1S/C9H7N3/c10-5-1-2-9-4-3-8(6-11)7-12-9/h3-4,7H,5,10H2. The molecule has 0 aromatic carbocycles. The van der Waals surface area contributed by atoms with Crippen LogP contribution in [-0.2, 0) is 0 Å². The van der Waals surface area contributed by atoms with Gasteiger partial charge in [0, 0.05) is 6.20 Å². The smallest absolute Gasteiger partial charge is 0.113 e. The minimum absolute atomic E-state index is 0.321. The fourth-order valence-electron chi connectivity index (χ4n) is 0.676. The van der Waals surface area contributed by atoms with E-state index >= 15 is 0 Å². The number of pyridine rings is 1. The van der Waals surface area contributed by atoms with Crippen molar-refractivity contribution in [1.82, 2.24) is 4.98 Å². The van der Waals surface area contributed by atoms with E-state index in [1.54, 1.807) is 12.1 Å². The first kappa shape index (κ1) is 8.26. The van der Waals surface area contributed by atoms with E-state index in [0.29, 0.717) is 17.8 Å². The topological polar surface area (TPSA) is 62.7 Å². The second kappa shape index (κ2) is 4.12. The van der Waals surface area contributed by atoms with Crippen LogP contribution in [0, 0.1) is 23.2 Å². The van der Waals surface area contributed by atoms with Crippen molar-refractivity contribution in [1.29, 1.82) is 5.26 Å². The van der Waals surface area contributed by atoms with Gasteiger partial charge in [-0.3, -0.25) is 0 Å². The van der Waals surface area contributed by atoms with Crippen molar-refractivity contribution in [3.8, 4) is 17.9 Å². The Morgan fingerprint density at radius 3 is 2.83 bits per heavy atom. The van der Waals surface area contributed by atoms with Crippen LogP contribution < -0.4 is 5.73 Å². The molecule has 3 nitrogen and oxygen atoms in total. The molecule has 0 radical (unpaired) electrons. The minimum atomic E-state index is 0.321. The van der Waals surface area contributed by atoms with Crippen molar-refractivity contribution in [2.75, 3.05) is 6.54 Å². The molecule has 0 atom stereocenters. The van der Waals surface area contributed by atoms with Gasteiger partial charge >= 0.3 is 0 Å². The van der Waals surface area contributed by atoms with Crippen LogP contribution in [0.1, 0.15) is 11.3 Å². The van der Waals surface area contributed by atoms with Gasteiger partial charge in [-0.2, -0.15) is 5.26 Å². The average Bonchev–Trinajstić information content (AvgIpc) is 2.15. The summed E-state index contributed by atoms with van der Waals surface area (Å²) in [4.78, 5) is 3.94. The van der Waals surface area contributed by atoms with Gasteiger partial charge in [-0.25, -0.2) is 4.98 Å². The molecule has 0 spiro atoms. The van der Waals surface area contributed by atoms with Crippen molar-refractivity contribution in [3.05, 3.63) is 29.6 Å². The summed E-state index contributed by atoms with van der Waals surface area (Å²) < 4.78 is 0. The van der Waals surface area contributed by atoms with Crippen LogP contribution in [0.25, 0.3) is 0 Å². The normalized spacial score (nSPS) is 8.00. The second-order valence-corrected chi connectivity index (χ2v) is 2.05. The van der Waals surface area contributed by atoms with Gasteiger partial charge in [-0.1, -0.05) is 5.92 Å². The zero-order valence-electron chi connectivity index (χ0n) is 6.41. The van der Waals surface area contributed by atoms with E-state index in [4.69, 9.17) is 11.0 Å². The molecule has 0 aliphatic rings. The van der Waals surface area contributed by atoms with Crippen molar-refractivity contribution in [2.45, 2.75) is 0 Å². The number of nitriles is 1. The molecule has 3 heteroatoms. The second-order valence-electron chi connectivity index (χ2n) is 2.05. The molecule has 1 heterocycles. The quantitative estimate of drug-likeness (QED) is 0.549. The third-order valence-electron chi connectivity index (χ3n) is 1.21. The number of rotatable bonds is 0. The van der Waals surface area contributed by atoms with Gasteiger partial charge in [-0.05, 0) is 18.1 Å². The summed E-state index contributed by atoms with van der Waals surface area (Å²) in [5.74, 6) is 5.43. The Bertz CT molecular complexity index is 348. The predicted octanol–water partition coefficient (Wildman–Crippen LogP) is 0.263. The molecule has 1 aromatic rings. The zero-order chi connectivity index (χ0) is 8.81. The highest BCUT2D eigenvalue weighted by molar-refractivity contribution is 5.33. The Hall–Kier alpha value is -1.84. The number of nitrogens with zero attached hydrogens (tertiary/aromatic N) is 2. The van der Waals surface area contributed by atoms with Crippen LogP contribution in [0.2, 0.25) is 0 Å². The van der Waals surface area contributed by atoms with Crippen molar-refractivity contribution in [3.63, 3.8) is 0 Å². The Labute approximate surface area is 70.8 Å². The first-order chi connectivity index (χ1) is 5.86. The molecule has 0 bridgehead atoms. The van der Waals surface area contributed by atoms with Crippen LogP contribution in [0.15, 0.2) is 18.3 Å². The van der Waals surface area contributed by atoms with Gasteiger partial charge in [0.1, 0.15) is 11.8 Å². The summed E-state index contributed by atoms with van der Waals surface area (Å²) in [6.07, 6.45) is 1.49. The number of hydrogen-bond donors (Lipinski definition) is 1. The highest BCUT2D eigenvalue weighted by atomic mass is 14.7. The lowest BCUT2D eigenvalue weighted by Gasteiger charge is -1.88. The van der Waals surface area contributed by atoms with Crippen LogP contribution in [0.3, 0.4) is 0 Å². The van der Waals surface area contributed by atoms with Gasteiger partial charge in [-0.15, -0.1) is 0 Å². The van der Waals surface area contributed by atoms with E-state index in [-0.39, 0.29) is 0 Å². The largest absolute Gasteiger partial charge is 0.320 e. The maximum absolute atomic E-state index is 8.46. The van der Waals surface area contributed by atoms with Gasteiger partial charge in [0.05, 0.1) is 12.1 Å². The summed E-state index contributed by atoms with van der Waals surface area (Å²) in [6, 6.07) is 5.34. The van der Waals surface area contributed by atoms with Gasteiger partial charge < -0.3 is 5.73 Å². The van der Waals surface area contributed by atoms with Crippen LogP contribution in [0.5, 0.6) is 0 Å². The van der Waals surface area contributed by atoms with Crippen LogP contribution in [-0.4, -0.2) is 11.5 Å². The summed E-state index contributed by atoms with van der Waals surface area (Å²) in [5.41, 5.74) is 6.35. The predicted molar refractivity (Wildman–Crippen MR) is 44.9 cm³/mol. The monoisotopic (exact) mass is 157 g/mol. The zero-order valence-corrected chi connectivity index (χ0v) is 6.41. The third-order valence-corrected chi connectivity index (χ3v) is 1.21. The molecule has 0 saturated heterocycles. The fourth-order valence-corrected chi connectivity index (χ4v) is 0.676. The molecule has 2 N–H and O–H groups in total. The first-order valence-corrected chi connectivity index (χ1v) is 3.42. The molecule has 1 rings (SSSR count). The molecule has 0 fully saturated rings. The Kier molecular flexibility index (Phi) is 2.84. The van der Waals surface area contributed by atoms with E-state index in [0.717, 1.165) is 0 Å². The van der Waals surface area contributed by atoms with Crippen molar-refractivity contribution < 1.29 is 0 Å². The summed E-state index contributed by atoms with van der Waals surface area (Å²) in [7, 11) is 0. The number of aromatic nitrogens is 1. The molecule has 1 aromatic heterocycles. The molecule has 0 unspecified atom stereocenters. The highest BCUT2D eigenvalue weighted by Crippen LogP contribution is 1.96. The highest BCUT2D eigenvalue weighted by Gasteiger charge is 1.89. The summed E-state index contributed by atoms with van der Waals surface area (Å²) >= 11 is 0. The van der Waals surface area contributed by atoms with E-state index in [9.17, 15) is 0 Å². The van der Waals surface area contributed by atoms with Crippen LogP contribution in [0.4, 0.5) is 0 Å². The molecule has 0 saturated carbocycles. The minimum Gasteiger partial charge on any atom is -0.320 e. The molecule has 0 amide bonds. The Balaban J connectivity index is 2.87. The molecule has 0 aliphatic carbocycles. The Morgan fingerprint density at radius 1 is 1.50 bits per heavy atom. The van der Waals surface area contributed by atoms with E-state index < -0.39 is 0 Å². The van der Waals surface area contributed by atoms with Gasteiger partial charge in [0.15, 0.2) is 0 Å². The van der Waals surface area contributed by atoms with Crippen molar-refractivity contribution in [2.24, 2.45) is 5.73 Å². The maximum atomic E-state index is 8.46. The third kappa shape index (κ3) is 2.09. The average molecular weight is 157 g/mol. The molecule has 0 aliphatic heterocycles. The summed E-state index contributed by atoms with van der Waals surface area (Å²) in [6.45, 7) is 0.321. The van der Waals surface area contributed by atoms with Gasteiger partial charge in [0.25, 0.3) is 0 Å². The van der Waals surface area contributed by atoms with Crippen LogP contribution >= 0.6 is 0 Å². The lowest BCUT2D eigenvalue weighted by Crippen LogP contribution is -1.93. The Morgan fingerprint density at radius 2 is 2.33 bits per heavy atom. The lowest BCUT2D eigenvalue weighted by atomic mass is 10.3. The molecular weight excluding hydrogens is 150 g/mol. The summed E-state index contributed by atoms with van der Waals surface area (Å²) in [5, 5.41) is 8.46. The molecule has 12 heavy (non-hydrogen) atoms.